The summed E-state index contributed by atoms with van der Waals surface area (Å²) in [6, 6.07) is 14.0. The first-order valence-electron chi connectivity index (χ1n) is 17.8. The van der Waals surface area contributed by atoms with Crippen molar-refractivity contribution in [1.82, 2.24) is 4.48 Å². The number of allylic oxidation sites excluding steroid dienone is 12. The predicted octanol–water partition coefficient (Wildman–Crippen LogP) is 9.04. The molecule has 5 heteroatoms. The summed E-state index contributed by atoms with van der Waals surface area (Å²) in [6.45, 7) is 9.84. The fraction of sp³-hybridized carbons (Fsp3) is 0.302. The number of ether oxygens (including phenoxy) is 1. The molecule has 0 bridgehead atoms. The Kier molecular flexibility index (Phi) is 5.29. The van der Waals surface area contributed by atoms with Crippen LogP contribution in [0.2, 0.25) is 5.82 Å². The first kappa shape index (κ1) is 27.8. The molecule has 3 nitrogen and oxygen atoms in total. The number of hydrogen-bond acceptors (Lipinski definition) is 3. The molecule has 0 amide bonds. The molecule has 4 heterocycles. The van der Waals surface area contributed by atoms with Gasteiger partial charge in [0.15, 0.2) is 0 Å². The van der Waals surface area contributed by atoms with E-state index in [0.717, 1.165) is 17.9 Å². The third-order valence-corrected chi connectivity index (χ3v) is 13.6. The lowest BCUT2D eigenvalue weighted by atomic mass is 9.36. The first-order chi connectivity index (χ1) is 23.4. The molecule has 8 aliphatic rings. The van der Waals surface area contributed by atoms with Gasteiger partial charge in [0.2, 0.25) is 0 Å². The number of rotatable bonds is 2. The molecule has 0 spiro atoms. The van der Waals surface area contributed by atoms with Crippen molar-refractivity contribution in [3.8, 4) is 5.75 Å². The minimum Gasteiger partial charge on any atom is -0.481 e. The lowest BCUT2D eigenvalue weighted by Gasteiger charge is -2.59. The molecule has 6 unspecified atom stereocenters. The van der Waals surface area contributed by atoms with Crippen LogP contribution in [0.5, 0.6) is 5.75 Å². The van der Waals surface area contributed by atoms with Gasteiger partial charge in [-0.3, -0.25) is 0 Å². The lowest BCUT2D eigenvalue weighted by molar-refractivity contribution is 0.166. The van der Waals surface area contributed by atoms with Crippen LogP contribution in [0.15, 0.2) is 125 Å². The van der Waals surface area contributed by atoms with Crippen LogP contribution in [0, 0.1) is 11.3 Å². The number of nitrogens with zero attached hydrogens (tertiary/aromatic N) is 2. The summed E-state index contributed by atoms with van der Waals surface area (Å²) in [5, 5.41) is 1.39. The van der Waals surface area contributed by atoms with Crippen molar-refractivity contribution < 1.29 is 4.74 Å². The van der Waals surface area contributed by atoms with E-state index in [4.69, 9.17) is 17.4 Å². The highest BCUT2D eigenvalue weighted by molar-refractivity contribution is 7.80. The highest BCUT2D eigenvalue weighted by Gasteiger charge is 2.61. The van der Waals surface area contributed by atoms with E-state index in [-0.39, 0.29) is 35.6 Å². The smallest absolute Gasteiger partial charge is 0.305 e. The maximum Gasteiger partial charge on any atom is 0.305 e. The van der Waals surface area contributed by atoms with E-state index in [9.17, 15) is 0 Å². The van der Waals surface area contributed by atoms with Gasteiger partial charge in [-0.1, -0.05) is 111 Å². The van der Waals surface area contributed by atoms with Gasteiger partial charge in [-0.15, -0.1) is 0 Å². The fourth-order valence-corrected chi connectivity index (χ4v) is 11.9. The maximum absolute atomic E-state index is 6.94. The Morgan fingerprint density at radius 1 is 0.958 bits per heavy atom. The maximum atomic E-state index is 6.94. The Hall–Kier alpha value is -4.09. The van der Waals surface area contributed by atoms with Crippen molar-refractivity contribution in [3.63, 3.8) is 0 Å². The molecule has 0 saturated heterocycles. The van der Waals surface area contributed by atoms with Crippen LogP contribution in [-0.2, 0) is 0 Å². The van der Waals surface area contributed by atoms with E-state index >= 15 is 0 Å². The third kappa shape index (κ3) is 3.04. The second kappa shape index (κ2) is 9.12. The molecule has 3 aromatic rings. The van der Waals surface area contributed by atoms with E-state index in [1.807, 2.05) is 0 Å². The van der Waals surface area contributed by atoms with Crippen LogP contribution in [0.25, 0.3) is 17.0 Å². The van der Waals surface area contributed by atoms with Crippen LogP contribution in [0.4, 0.5) is 5.69 Å². The molecule has 2 aromatic carbocycles. The zero-order valence-electron chi connectivity index (χ0n) is 27.9. The summed E-state index contributed by atoms with van der Waals surface area (Å²) in [4.78, 5) is 2.71. The quantitative estimate of drug-likeness (QED) is 0.222. The molecular weight excluding hydrogens is 603 g/mol. The van der Waals surface area contributed by atoms with Gasteiger partial charge in [0.25, 0.3) is 0 Å². The average molecular weight is 643 g/mol. The molecule has 1 aromatic heterocycles. The third-order valence-electron chi connectivity index (χ3n) is 13.3. The minimum atomic E-state index is -0.350. The Balaban J connectivity index is 1.31. The SMILES string of the molecule is CCC1=C(CS)C2=C(C3c4cccc5c6c(n(c45)B4c5cccc7c5N(C(=C2)C43)C2(C)C=CC=CC2O7)C2C=CC=CC2C=C6)C1(C)C. The van der Waals surface area contributed by atoms with E-state index in [1.165, 1.54) is 55.7 Å². The zero-order chi connectivity index (χ0) is 32.3. The standard InChI is InChI=1S/C43H39BN2OS/c1-5-31-30(23-48)29-22-33-38-36(37(29)42(31,2)3)28-15-10-14-26-27-20-19-24-12-6-7-13-25(24)39(27)46(40(26)28)44(38)32-16-11-17-34-41(32)45(33)43(4)21-9-8-18-35(43)47-34/h6-22,24-25,35-36,38,48H,5,23H2,1-4H3. The van der Waals surface area contributed by atoms with Crippen molar-refractivity contribution in [2.75, 3.05) is 10.7 Å². The van der Waals surface area contributed by atoms with Gasteiger partial charge < -0.3 is 14.1 Å². The minimum absolute atomic E-state index is 0.0507. The Bertz CT molecular complexity index is 2290. The average Bonchev–Trinajstić information content (AvgIpc) is 3.55. The van der Waals surface area contributed by atoms with Crippen LogP contribution >= 0.6 is 12.6 Å². The van der Waals surface area contributed by atoms with Gasteiger partial charge in [0, 0.05) is 62.6 Å². The molecule has 6 atom stereocenters. The van der Waals surface area contributed by atoms with Gasteiger partial charge >= 0.3 is 6.85 Å². The van der Waals surface area contributed by atoms with Crippen LogP contribution in [-0.4, -0.2) is 28.7 Å². The van der Waals surface area contributed by atoms with Gasteiger partial charge in [-0.05, 0) is 59.3 Å². The molecule has 5 aliphatic carbocycles. The van der Waals surface area contributed by atoms with Gasteiger partial charge in [-0.25, -0.2) is 0 Å². The van der Waals surface area contributed by atoms with Gasteiger partial charge in [0.1, 0.15) is 17.4 Å². The Morgan fingerprint density at radius 2 is 1.79 bits per heavy atom. The van der Waals surface area contributed by atoms with E-state index < -0.39 is 0 Å². The normalized spacial score (nSPS) is 31.7. The molecular formula is C43H39BN2OS. The lowest BCUT2D eigenvalue weighted by Crippen LogP contribution is -2.66. The van der Waals surface area contributed by atoms with Crippen molar-refractivity contribution in [2.45, 2.75) is 63.4 Å². The summed E-state index contributed by atoms with van der Waals surface area (Å²) in [7, 11) is 0. The van der Waals surface area contributed by atoms with Gasteiger partial charge in [-0.2, -0.15) is 12.6 Å². The number of thiol groups is 1. The summed E-state index contributed by atoms with van der Waals surface area (Å²) in [5.41, 5.74) is 15.5. The Morgan fingerprint density at radius 3 is 2.65 bits per heavy atom. The number of para-hydroxylation sites is 2. The first-order valence-corrected chi connectivity index (χ1v) is 18.5. The second-order valence-corrected chi connectivity index (χ2v) is 15.9. The van der Waals surface area contributed by atoms with Crippen LogP contribution in [0.1, 0.15) is 62.8 Å². The van der Waals surface area contributed by atoms with Crippen LogP contribution in [0.3, 0.4) is 0 Å². The molecule has 0 saturated carbocycles. The van der Waals surface area contributed by atoms with Crippen molar-refractivity contribution in [2.24, 2.45) is 11.3 Å². The molecule has 0 N–H and O–H groups in total. The number of fused-ring (bicyclic) bond motifs is 12. The Labute approximate surface area is 288 Å². The molecule has 236 valence electrons. The highest BCUT2D eigenvalue weighted by atomic mass is 32.1. The molecule has 0 radical (unpaired) electrons. The fourth-order valence-electron chi connectivity index (χ4n) is 11.5. The largest absolute Gasteiger partial charge is 0.481 e. The van der Waals surface area contributed by atoms with Crippen molar-refractivity contribution in [1.29, 1.82) is 0 Å². The number of hydrogen-bond donors (Lipinski definition) is 1. The van der Waals surface area contributed by atoms with E-state index in [2.05, 4.69) is 140 Å². The van der Waals surface area contributed by atoms with Gasteiger partial charge in [0.05, 0.1) is 5.69 Å². The monoisotopic (exact) mass is 642 g/mol. The summed E-state index contributed by atoms with van der Waals surface area (Å²) >= 11 is 5.03. The number of aromatic nitrogens is 1. The topological polar surface area (TPSA) is 17.4 Å². The zero-order valence-corrected chi connectivity index (χ0v) is 28.8. The molecule has 3 aliphatic heterocycles. The molecule has 0 fully saturated rings. The summed E-state index contributed by atoms with van der Waals surface area (Å²) in [5.74, 6) is 2.91. The summed E-state index contributed by atoms with van der Waals surface area (Å²) in [6.07, 6.45) is 26.7. The van der Waals surface area contributed by atoms with Crippen LogP contribution < -0.4 is 15.1 Å². The van der Waals surface area contributed by atoms with E-state index in [0.29, 0.717) is 11.8 Å². The van der Waals surface area contributed by atoms with Crippen molar-refractivity contribution in [3.05, 3.63) is 142 Å². The van der Waals surface area contributed by atoms with E-state index in [1.54, 1.807) is 11.1 Å². The second-order valence-electron chi connectivity index (χ2n) is 15.6. The molecule has 11 rings (SSSR count). The summed E-state index contributed by atoms with van der Waals surface area (Å²) < 4.78 is 9.76. The predicted molar refractivity (Wildman–Crippen MR) is 203 cm³/mol. The molecule has 48 heavy (non-hydrogen) atoms. The van der Waals surface area contributed by atoms with Crippen molar-refractivity contribution >= 4 is 47.6 Å². The number of anilines is 1. The highest BCUT2D eigenvalue weighted by Crippen LogP contribution is 2.66. The number of benzene rings is 2.